The van der Waals surface area contributed by atoms with Gasteiger partial charge in [0.25, 0.3) is 0 Å². The Balaban J connectivity index is 3.08. The maximum absolute atomic E-state index is 5.36. The Morgan fingerprint density at radius 3 is 1.62 bits per heavy atom. The Morgan fingerprint density at radius 1 is 0.923 bits per heavy atom. The van der Waals surface area contributed by atoms with Gasteiger partial charge >= 0.3 is 0 Å². The highest BCUT2D eigenvalue weighted by atomic mass is 79.9. The molecule has 0 aromatic carbocycles. The molecule has 0 N–H and O–H groups in total. The molecule has 0 aliphatic carbocycles. The van der Waals surface area contributed by atoms with Crippen molar-refractivity contribution in [2.45, 2.75) is 22.9 Å². The third-order valence-electron chi connectivity index (χ3n) is 1.49. The lowest BCUT2D eigenvalue weighted by molar-refractivity contribution is 0.0728. The molecule has 5 heteroatoms. The number of rotatable bonds is 8. The summed E-state index contributed by atoms with van der Waals surface area (Å²) < 4.78 is 15.4. The molecule has 0 heterocycles. The Hall–Kier alpha value is 0.840. The van der Waals surface area contributed by atoms with E-state index < -0.39 is 0 Å². The van der Waals surface area contributed by atoms with E-state index in [4.69, 9.17) is 14.2 Å². The first-order valence-corrected chi connectivity index (χ1v) is 5.95. The summed E-state index contributed by atoms with van der Waals surface area (Å²) in [6.07, 6.45) is 1.72. The van der Waals surface area contributed by atoms with E-state index in [1.165, 1.54) is 0 Å². The van der Waals surface area contributed by atoms with E-state index in [-0.39, 0.29) is 10.0 Å². The van der Waals surface area contributed by atoms with Crippen LogP contribution in [-0.4, -0.2) is 37.5 Å². The first-order valence-electron chi connectivity index (χ1n) is 4.12. The van der Waals surface area contributed by atoms with Crippen LogP contribution in [-0.2, 0) is 14.2 Å². The quantitative estimate of drug-likeness (QED) is 0.508. The van der Waals surface area contributed by atoms with Crippen LogP contribution in [0.4, 0.5) is 0 Å². The van der Waals surface area contributed by atoms with Crippen molar-refractivity contribution in [2.75, 3.05) is 27.4 Å². The van der Waals surface area contributed by atoms with Gasteiger partial charge in [0, 0.05) is 40.3 Å². The summed E-state index contributed by atoms with van der Waals surface area (Å²) in [6.45, 7) is 1.40. The summed E-state index contributed by atoms with van der Waals surface area (Å²) in [5, 5.41) is 0.185. The fourth-order valence-corrected chi connectivity index (χ4v) is 1.06. The van der Waals surface area contributed by atoms with Crippen LogP contribution in [0.3, 0.4) is 0 Å². The molecule has 3 nitrogen and oxygen atoms in total. The van der Waals surface area contributed by atoms with E-state index in [1.807, 2.05) is 0 Å². The molecule has 0 aliphatic heterocycles. The number of alkyl halides is 2. The molecule has 0 amide bonds. The Labute approximate surface area is 96.4 Å². The summed E-state index contributed by atoms with van der Waals surface area (Å²) in [6, 6.07) is 0. The van der Waals surface area contributed by atoms with Crippen molar-refractivity contribution in [3.63, 3.8) is 0 Å². The van der Waals surface area contributed by atoms with Crippen LogP contribution in [0.25, 0.3) is 0 Å². The Morgan fingerprint density at radius 2 is 1.31 bits per heavy atom. The van der Waals surface area contributed by atoms with E-state index in [0.717, 1.165) is 12.8 Å². The molecule has 0 spiro atoms. The van der Waals surface area contributed by atoms with Gasteiger partial charge in [0.15, 0.2) is 0 Å². The first kappa shape index (κ1) is 13.8. The fourth-order valence-electron chi connectivity index (χ4n) is 0.690. The molecular formula is C8H16Br2O3. The fraction of sp³-hybridized carbons (Fsp3) is 1.00. The molecule has 0 aromatic heterocycles. The van der Waals surface area contributed by atoms with Crippen molar-refractivity contribution in [3.8, 4) is 0 Å². The van der Waals surface area contributed by atoms with Gasteiger partial charge in [0.1, 0.15) is 10.0 Å². The minimum absolute atomic E-state index is 0.0923. The van der Waals surface area contributed by atoms with Crippen molar-refractivity contribution in [2.24, 2.45) is 0 Å². The second-order valence-corrected chi connectivity index (χ2v) is 4.52. The first-order chi connectivity index (χ1) is 6.20. The zero-order valence-electron chi connectivity index (χ0n) is 7.96. The normalized spacial score (nSPS) is 15.7. The summed E-state index contributed by atoms with van der Waals surface area (Å²) in [7, 11) is 3.33. The van der Waals surface area contributed by atoms with E-state index in [1.54, 1.807) is 14.2 Å². The van der Waals surface area contributed by atoms with Gasteiger partial charge in [-0.3, -0.25) is 0 Å². The Kier molecular flexibility index (Phi) is 10.0. The molecule has 0 saturated heterocycles. The van der Waals surface area contributed by atoms with Gasteiger partial charge in [-0.2, -0.15) is 0 Å². The van der Waals surface area contributed by atoms with Crippen LogP contribution < -0.4 is 0 Å². The zero-order chi connectivity index (χ0) is 10.1. The maximum atomic E-state index is 5.36. The lowest BCUT2D eigenvalue weighted by atomic mass is 10.4. The lowest BCUT2D eigenvalue weighted by Gasteiger charge is -2.09. The van der Waals surface area contributed by atoms with Crippen molar-refractivity contribution in [1.82, 2.24) is 0 Å². The van der Waals surface area contributed by atoms with Gasteiger partial charge in [0.2, 0.25) is 0 Å². The standard InChI is InChI=1S/C8H16Br2O3/c1-11-7(9)3-5-13-6-4-8(10)12-2/h7-8H,3-6H2,1-2H3. The van der Waals surface area contributed by atoms with Gasteiger partial charge in [-0.15, -0.1) is 0 Å². The molecule has 0 aromatic rings. The number of halogens is 2. The van der Waals surface area contributed by atoms with Crippen LogP contribution in [0.1, 0.15) is 12.8 Å². The molecule has 0 radical (unpaired) electrons. The number of ether oxygens (including phenoxy) is 3. The summed E-state index contributed by atoms with van der Waals surface area (Å²) in [5.41, 5.74) is 0. The van der Waals surface area contributed by atoms with Crippen molar-refractivity contribution >= 4 is 31.9 Å². The monoisotopic (exact) mass is 318 g/mol. The van der Waals surface area contributed by atoms with Crippen molar-refractivity contribution < 1.29 is 14.2 Å². The molecule has 0 rings (SSSR count). The molecule has 2 atom stereocenters. The second-order valence-electron chi connectivity index (χ2n) is 2.48. The third kappa shape index (κ3) is 9.15. The molecule has 0 fully saturated rings. The van der Waals surface area contributed by atoms with Crippen molar-refractivity contribution in [3.05, 3.63) is 0 Å². The van der Waals surface area contributed by atoms with Crippen LogP contribution in [0, 0.1) is 0 Å². The SMILES string of the molecule is COC(Br)CCOCCC(Br)OC. The molecule has 13 heavy (non-hydrogen) atoms. The number of methoxy groups -OCH3 is 2. The van der Waals surface area contributed by atoms with E-state index in [2.05, 4.69) is 31.9 Å². The summed E-state index contributed by atoms with van der Waals surface area (Å²) >= 11 is 6.67. The van der Waals surface area contributed by atoms with Gasteiger partial charge in [0.05, 0.1) is 0 Å². The largest absolute Gasteiger partial charge is 0.381 e. The topological polar surface area (TPSA) is 27.7 Å². The van der Waals surface area contributed by atoms with E-state index in [0.29, 0.717) is 13.2 Å². The van der Waals surface area contributed by atoms with Gasteiger partial charge < -0.3 is 14.2 Å². The molecular weight excluding hydrogens is 304 g/mol. The van der Waals surface area contributed by atoms with Gasteiger partial charge in [-0.05, 0) is 0 Å². The highest BCUT2D eigenvalue weighted by Crippen LogP contribution is 2.07. The highest BCUT2D eigenvalue weighted by molar-refractivity contribution is 9.09. The van der Waals surface area contributed by atoms with Gasteiger partial charge in [-0.25, -0.2) is 0 Å². The summed E-state index contributed by atoms with van der Waals surface area (Å²) in [5.74, 6) is 0. The zero-order valence-corrected chi connectivity index (χ0v) is 11.1. The van der Waals surface area contributed by atoms with Crippen LogP contribution in [0.5, 0.6) is 0 Å². The highest BCUT2D eigenvalue weighted by Gasteiger charge is 2.02. The van der Waals surface area contributed by atoms with E-state index in [9.17, 15) is 0 Å². The molecule has 80 valence electrons. The van der Waals surface area contributed by atoms with Gasteiger partial charge in [-0.1, -0.05) is 31.9 Å². The molecule has 0 bridgehead atoms. The minimum Gasteiger partial charge on any atom is -0.381 e. The van der Waals surface area contributed by atoms with Crippen LogP contribution in [0.2, 0.25) is 0 Å². The smallest absolute Gasteiger partial charge is 0.114 e. The predicted octanol–water partition coefficient (Wildman–Crippen LogP) is 2.52. The van der Waals surface area contributed by atoms with Crippen LogP contribution in [0.15, 0.2) is 0 Å². The summed E-state index contributed by atoms with van der Waals surface area (Å²) in [4.78, 5) is 0. The number of hydrogen-bond donors (Lipinski definition) is 0. The predicted molar refractivity (Wildman–Crippen MR) is 59.5 cm³/mol. The van der Waals surface area contributed by atoms with E-state index >= 15 is 0 Å². The Bertz CT molecular complexity index is 102. The lowest BCUT2D eigenvalue weighted by Crippen LogP contribution is -2.09. The number of hydrogen-bond acceptors (Lipinski definition) is 3. The van der Waals surface area contributed by atoms with Crippen molar-refractivity contribution in [1.29, 1.82) is 0 Å². The average Bonchev–Trinajstić information content (AvgIpc) is 2.16. The second kappa shape index (κ2) is 9.40. The molecule has 0 saturated carbocycles. The average molecular weight is 320 g/mol. The molecule has 2 unspecified atom stereocenters. The minimum atomic E-state index is 0.0923. The van der Waals surface area contributed by atoms with Crippen LogP contribution >= 0.6 is 31.9 Å². The molecule has 0 aliphatic rings. The third-order valence-corrected chi connectivity index (χ3v) is 3.15. The maximum Gasteiger partial charge on any atom is 0.114 e.